The highest BCUT2D eigenvalue weighted by molar-refractivity contribution is 5.88. The number of hydrogen-bond acceptors (Lipinski definition) is 5. The van der Waals surface area contributed by atoms with Crippen LogP contribution in [0.15, 0.2) is 24.5 Å². The molecule has 1 aromatic carbocycles. The Morgan fingerprint density at radius 1 is 1.14 bits per heavy atom. The van der Waals surface area contributed by atoms with Crippen molar-refractivity contribution in [3.05, 3.63) is 30.3 Å². The van der Waals surface area contributed by atoms with Crippen molar-refractivity contribution in [1.29, 1.82) is 0 Å². The Morgan fingerprint density at radius 2 is 1.86 bits per heavy atom. The first-order valence-electron chi connectivity index (χ1n) is 9.94. The molecule has 7 heteroatoms. The molecule has 1 aliphatic carbocycles. The van der Waals surface area contributed by atoms with Gasteiger partial charge in [0.05, 0.1) is 11.7 Å². The van der Waals surface area contributed by atoms with Gasteiger partial charge in [0.2, 0.25) is 0 Å². The van der Waals surface area contributed by atoms with E-state index in [2.05, 4.69) is 20.2 Å². The van der Waals surface area contributed by atoms with E-state index in [0.29, 0.717) is 23.9 Å². The minimum absolute atomic E-state index is 0.0222. The number of carbonyl (C=O) groups excluding carboxylic acids is 1. The third kappa shape index (κ3) is 4.18. The summed E-state index contributed by atoms with van der Waals surface area (Å²) < 4.78 is 19.6. The highest BCUT2D eigenvalue weighted by Gasteiger charge is 2.38. The minimum atomic E-state index is -0.531. The molecule has 1 saturated carbocycles. The third-order valence-corrected chi connectivity index (χ3v) is 5.39. The van der Waals surface area contributed by atoms with E-state index in [1.807, 2.05) is 20.8 Å². The van der Waals surface area contributed by atoms with Crippen molar-refractivity contribution in [3.63, 3.8) is 0 Å². The van der Waals surface area contributed by atoms with E-state index >= 15 is 0 Å². The lowest BCUT2D eigenvalue weighted by Crippen LogP contribution is -2.52. The first kappa shape index (κ1) is 18.9. The molecule has 1 aromatic heterocycles. The standard InChI is InChI=1S/C21H27FN4O2/c1-21(2,3)28-20(27)25-15-10-14(13-4-5-13)11-26(12-15)17-7-6-16(22)18-19(17)24-9-8-23-18/h6-9,13-15H,4-5,10-12H2,1-3H3,(H,25,27). The Balaban J connectivity index is 1.58. The van der Waals surface area contributed by atoms with Gasteiger partial charge in [0.1, 0.15) is 16.6 Å². The second-order valence-electron chi connectivity index (χ2n) is 8.90. The first-order valence-corrected chi connectivity index (χ1v) is 9.94. The summed E-state index contributed by atoms with van der Waals surface area (Å²) in [5.74, 6) is 0.819. The molecule has 2 heterocycles. The number of ether oxygens (including phenoxy) is 1. The highest BCUT2D eigenvalue weighted by atomic mass is 19.1. The topological polar surface area (TPSA) is 67.3 Å². The van der Waals surface area contributed by atoms with E-state index in [9.17, 15) is 9.18 Å². The Kier molecular flexibility index (Phi) is 4.85. The van der Waals surface area contributed by atoms with Gasteiger partial charge in [-0.25, -0.2) is 14.2 Å². The summed E-state index contributed by atoms with van der Waals surface area (Å²) in [6.07, 6.45) is 6.11. The Morgan fingerprint density at radius 3 is 2.54 bits per heavy atom. The van der Waals surface area contributed by atoms with Crippen LogP contribution in [0.1, 0.15) is 40.0 Å². The molecule has 1 N–H and O–H groups in total. The van der Waals surface area contributed by atoms with Gasteiger partial charge in [-0.05, 0) is 64.0 Å². The molecule has 150 valence electrons. The smallest absolute Gasteiger partial charge is 0.407 e. The molecule has 2 fully saturated rings. The molecule has 0 spiro atoms. The van der Waals surface area contributed by atoms with E-state index < -0.39 is 11.7 Å². The van der Waals surface area contributed by atoms with Crippen molar-refractivity contribution in [3.8, 4) is 0 Å². The lowest BCUT2D eigenvalue weighted by atomic mass is 9.89. The minimum Gasteiger partial charge on any atom is -0.444 e. The zero-order chi connectivity index (χ0) is 19.9. The highest BCUT2D eigenvalue weighted by Crippen LogP contribution is 2.42. The monoisotopic (exact) mass is 386 g/mol. The van der Waals surface area contributed by atoms with Crippen LogP contribution in [0.2, 0.25) is 0 Å². The summed E-state index contributed by atoms with van der Waals surface area (Å²) >= 11 is 0. The summed E-state index contributed by atoms with van der Waals surface area (Å²) in [6.45, 7) is 7.09. The van der Waals surface area contributed by atoms with Crippen LogP contribution in [-0.2, 0) is 4.74 Å². The largest absolute Gasteiger partial charge is 0.444 e. The number of nitrogens with zero attached hydrogens (tertiary/aromatic N) is 3. The lowest BCUT2D eigenvalue weighted by molar-refractivity contribution is 0.0492. The second kappa shape index (κ2) is 7.18. The van der Waals surface area contributed by atoms with Gasteiger partial charge in [-0.1, -0.05) is 0 Å². The number of hydrogen-bond donors (Lipinski definition) is 1. The number of carbonyl (C=O) groups is 1. The average Bonchev–Trinajstić information content (AvgIpc) is 3.45. The fourth-order valence-corrected chi connectivity index (χ4v) is 4.09. The van der Waals surface area contributed by atoms with Gasteiger partial charge < -0.3 is 15.0 Å². The summed E-state index contributed by atoms with van der Waals surface area (Å²) in [5.41, 5.74) is 1.18. The SMILES string of the molecule is CC(C)(C)OC(=O)NC1CC(C2CC2)CN(c2ccc(F)c3nccnc23)C1. The Labute approximate surface area is 164 Å². The molecule has 2 unspecified atom stereocenters. The number of anilines is 1. The van der Waals surface area contributed by atoms with Crippen molar-refractivity contribution < 1.29 is 13.9 Å². The summed E-state index contributed by atoms with van der Waals surface area (Å²) in [4.78, 5) is 23.0. The molecule has 4 rings (SSSR count). The summed E-state index contributed by atoms with van der Waals surface area (Å²) in [5, 5.41) is 3.03. The van der Waals surface area contributed by atoms with Crippen LogP contribution in [-0.4, -0.2) is 40.8 Å². The van der Waals surface area contributed by atoms with Crippen molar-refractivity contribution in [1.82, 2.24) is 15.3 Å². The molecule has 0 bridgehead atoms. The van der Waals surface area contributed by atoms with E-state index in [-0.39, 0.29) is 17.4 Å². The average molecular weight is 386 g/mol. The van der Waals surface area contributed by atoms with E-state index in [4.69, 9.17) is 4.74 Å². The zero-order valence-electron chi connectivity index (χ0n) is 16.6. The van der Waals surface area contributed by atoms with Crippen molar-refractivity contribution in [2.24, 2.45) is 11.8 Å². The summed E-state index contributed by atoms with van der Waals surface area (Å²) in [6, 6.07) is 3.20. The maximum atomic E-state index is 14.2. The molecule has 1 aliphatic heterocycles. The molecule has 6 nitrogen and oxygen atoms in total. The van der Waals surface area contributed by atoms with Crippen LogP contribution in [0.3, 0.4) is 0 Å². The predicted octanol–water partition coefficient (Wildman–Crippen LogP) is 3.90. The zero-order valence-corrected chi connectivity index (χ0v) is 16.6. The first-order chi connectivity index (χ1) is 13.3. The number of fused-ring (bicyclic) bond motifs is 1. The molecule has 0 radical (unpaired) electrons. The number of aromatic nitrogens is 2. The maximum Gasteiger partial charge on any atom is 0.407 e. The van der Waals surface area contributed by atoms with E-state index in [0.717, 1.165) is 18.7 Å². The number of halogens is 1. The Hall–Kier alpha value is -2.44. The molecule has 28 heavy (non-hydrogen) atoms. The van der Waals surface area contributed by atoms with E-state index in [1.54, 1.807) is 12.3 Å². The molecule has 1 saturated heterocycles. The van der Waals surface area contributed by atoms with Crippen LogP contribution in [0.4, 0.5) is 14.9 Å². The van der Waals surface area contributed by atoms with Gasteiger partial charge in [0.15, 0.2) is 5.82 Å². The van der Waals surface area contributed by atoms with E-state index in [1.165, 1.54) is 25.1 Å². The van der Waals surface area contributed by atoms with Crippen molar-refractivity contribution in [2.75, 3.05) is 18.0 Å². The van der Waals surface area contributed by atoms with Gasteiger partial charge >= 0.3 is 6.09 Å². The number of amides is 1. The van der Waals surface area contributed by atoms with Gasteiger partial charge in [-0.15, -0.1) is 0 Å². The van der Waals surface area contributed by atoms with Crippen LogP contribution in [0.5, 0.6) is 0 Å². The molecule has 2 aliphatic rings. The molecular weight excluding hydrogens is 359 g/mol. The van der Waals surface area contributed by atoms with Crippen LogP contribution >= 0.6 is 0 Å². The number of piperidine rings is 1. The van der Waals surface area contributed by atoms with Gasteiger partial charge in [-0.2, -0.15) is 0 Å². The van der Waals surface area contributed by atoms with Gasteiger partial charge in [0.25, 0.3) is 0 Å². The molecule has 1 amide bonds. The number of alkyl carbamates (subject to hydrolysis) is 1. The van der Waals surface area contributed by atoms with Gasteiger partial charge in [-0.3, -0.25) is 4.98 Å². The van der Waals surface area contributed by atoms with Crippen LogP contribution < -0.4 is 10.2 Å². The van der Waals surface area contributed by atoms with Crippen molar-refractivity contribution >= 4 is 22.8 Å². The van der Waals surface area contributed by atoms with Crippen LogP contribution in [0, 0.1) is 17.7 Å². The predicted molar refractivity (Wildman–Crippen MR) is 106 cm³/mol. The lowest BCUT2D eigenvalue weighted by Gasteiger charge is -2.40. The number of nitrogens with one attached hydrogen (secondary N) is 1. The van der Waals surface area contributed by atoms with Crippen molar-refractivity contribution in [2.45, 2.75) is 51.7 Å². The Bertz CT molecular complexity index is 878. The normalized spacial score (nSPS) is 22.9. The third-order valence-electron chi connectivity index (χ3n) is 5.39. The quantitative estimate of drug-likeness (QED) is 0.867. The summed E-state index contributed by atoms with van der Waals surface area (Å²) in [7, 11) is 0. The molecular formula is C21H27FN4O2. The van der Waals surface area contributed by atoms with Gasteiger partial charge in [0, 0.05) is 25.5 Å². The molecule has 2 aromatic rings. The molecule has 2 atom stereocenters. The van der Waals surface area contributed by atoms with Crippen LogP contribution in [0.25, 0.3) is 11.0 Å². The maximum absolute atomic E-state index is 14.2. The number of rotatable bonds is 3. The second-order valence-corrected chi connectivity index (χ2v) is 8.90. The fraction of sp³-hybridized carbons (Fsp3) is 0.571. The fourth-order valence-electron chi connectivity index (χ4n) is 4.09. The number of benzene rings is 1.